The Morgan fingerprint density at radius 3 is 2.45 bits per heavy atom. The van der Waals surface area contributed by atoms with Crippen molar-refractivity contribution in [1.29, 1.82) is 0 Å². The van der Waals surface area contributed by atoms with Crippen molar-refractivity contribution in [3.05, 3.63) is 87.6 Å². The number of ether oxygens (including phenoxy) is 1. The van der Waals surface area contributed by atoms with Crippen molar-refractivity contribution in [2.75, 3.05) is 11.5 Å². The summed E-state index contributed by atoms with van der Waals surface area (Å²) in [5.74, 6) is 1.27. The smallest absolute Gasteiger partial charge is 0.274 e. The lowest BCUT2D eigenvalue weighted by Gasteiger charge is -2.22. The maximum absolute atomic E-state index is 13.4. The van der Waals surface area contributed by atoms with Gasteiger partial charge in [0.05, 0.1) is 13.2 Å². The molecule has 4 aromatic rings. The highest BCUT2D eigenvalue weighted by atomic mass is 16.5. The summed E-state index contributed by atoms with van der Waals surface area (Å²) < 4.78 is 6.79. The molecule has 0 saturated heterocycles. The summed E-state index contributed by atoms with van der Waals surface area (Å²) in [5.41, 5.74) is 2.65. The zero-order valence-electron chi connectivity index (χ0n) is 17.6. The number of anilines is 1. The lowest BCUT2D eigenvalue weighted by molar-refractivity contribution is 0.0984. The van der Waals surface area contributed by atoms with Crippen molar-refractivity contribution >= 4 is 17.4 Å². The number of amides is 1. The van der Waals surface area contributed by atoms with Crippen LogP contribution in [-0.4, -0.2) is 32.1 Å². The van der Waals surface area contributed by atoms with Crippen molar-refractivity contribution < 1.29 is 9.53 Å². The third kappa shape index (κ3) is 4.32. The first-order chi connectivity index (χ1) is 14.9. The molecule has 1 amide bonds. The lowest BCUT2D eigenvalue weighted by atomic mass is 10.1. The highest BCUT2D eigenvalue weighted by Crippen LogP contribution is 2.23. The van der Waals surface area contributed by atoms with Gasteiger partial charge in [-0.1, -0.05) is 17.7 Å². The Morgan fingerprint density at radius 1 is 1.06 bits per heavy atom. The van der Waals surface area contributed by atoms with Gasteiger partial charge in [-0.2, -0.15) is 9.50 Å². The fourth-order valence-electron chi connectivity index (χ4n) is 3.28. The van der Waals surface area contributed by atoms with Crippen LogP contribution in [0.3, 0.4) is 0 Å². The Labute approximate surface area is 179 Å². The van der Waals surface area contributed by atoms with Crippen LogP contribution in [0.5, 0.6) is 5.75 Å². The molecule has 1 N–H and O–H groups in total. The highest BCUT2D eigenvalue weighted by molar-refractivity contribution is 6.06. The van der Waals surface area contributed by atoms with Crippen LogP contribution < -0.4 is 15.2 Å². The number of aromatic amines is 1. The molecule has 0 unspecified atom stereocenters. The van der Waals surface area contributed by atoms with E-state index in [1.54, 1.807) is 24.0 Å². The van der Waals surface area contributed by atoms with Crippen molar-refractivity contribution in [2.24, 2.45) is 0 Å². The van der Waals surface area contributed by atoms with Gasteiger partial charge in [0.25, 0.3) is 17.2 Å². The standard InChI is InChI=1S/C23H23N5O3/c1-4-31-19-11-9-18(10-12-19)27(22(30)17-7-5-15(2)6-8-17)14-20-25-23-24-16(3)13-21(29)28(23)26-20/h5-13H,4,14H2,1-3H3,(H,24,25,26). The van der Waals surface area contributed by atoms with E-state index < -0.39 is 0 Å². The maximum atomic E-state index is 13.4. The third-order valence-electron chi connectivity index (χ3n) is 4.82. The van der Waals surface area contributed by atoms with Crippen LogP contribution in [0, 0.1) is 13.8 Å². The second-order valence-corrected chi connectivity index (χ2v) is 7.23. The average molecular weight is 417 g/mol. The Morgan fingerprint density at radius 2 is 1.77 bits per heavy atom. The minimum absolute atomic E-state index is 0.141. The normalized spacial score (nSPS) is 10.9. The van der Waals surface area contributed by atoms with Gasteiger partial charge in [0.1, 0.15) is 11.6 Å². The van der Waals surface area contributed by atoms with E-state index in [9.17, 15) is 9.59 Å². The number of aryl methyl sites for hydroxylation is 2. The molecule has 2 aromatic carbocycles. The van der Waals surface area contributed by atoms with Crippen LogP contribution in [0.4, 0.5) is 5.69 Å². The zero-order chi connectivity index (χ0) is 22.0. The van der Waals surface area contributed by atoms with Crippen molar-refractivity contribution in [3.63, 3.8) is 0 Å². The van der Waals surface area contributed by atoms with E-state index in [1.807, 2.05) is 50.2 Å². The Bertz CT molecular complexity index is 1270. The van der Waals surface area contributed by atoms with Gasteiger partial charge >= 0.3 is 0 Å². The fraction of sp³-hybridized carbons (Fsp3) is 0.217. The number of fused-ring (bicyclic) bond motifs is 1. The molecule has 0 bridgehead atoms. The van der Waals surface area contributed by atoms with E-state index in [-0.39, 0.29) is 23.8 Å². The van der Waals surface area contributed by atoms with Crippen molar-refractivity contribution in [3.8, 4) is 5.75 Å². The molecule has 8 nitrogen and oxygen atoms in total. The molecule has 8 heteroatoms. The van der Waals surface area contributed by atoms with Crippen molar-refractivity contribution in [1.82, 2.24) is 19.6 Å². The number of nitrogens with one attached hydrogen (secondary N) is 1. The number of hydrogen-bond acceptors (Lipinski definition) is 5. The van der Waals surface area contributed by atoms with Crippen LogP contribution in [-0.2, 0) is 6.54 Å². The third-order valence-corrected chi connectivity index (χ3v) is 4.82. The topological polar surface area (TPSA) is 92.6 Å². The number of H-pyrrole nitrogens is 1. The van der Waals surface area contributed by atoms with Gasteiger partial charge in [-0.05, 0) is 57.2 Å². The molecule has 0 aliphatic carbocycles. The number of rotatable bonds is 6. The Kier molecular flexibility index (Phi) is 5.53. The Hall–Kier alpha value is -3.94. The highest BCUT2D eigenvalue weighted by Gasteiger charge is 2.20. The maximum Gasteiger partial charge on any atom is 0.274 e. The summed E-state index contributed by atoms with van der Waals surface area (Å²) in [5, 5.41) is 2.95. The number of hydrogen-bond donors (Lipinski definition) is 1. The summed E-state index contributed by atoms with van der Waals surface area (Å²) in [4.78, 5) is 35.9. The van der Waals surface area contributed by atoms with Gasteiger partial charge < -0.3 is 9.64 Å². The lowest BCUT2D eigenvalue weighted by Crippen LogP contribution is -2.31. The molecule has 0 fully saturated rings. The van der Waals surface area contributed by atoms with Crippen LogP contribution >= 0.6 is 0 Å². The van der Waals surface area contributed by atoms with Crippen LogP contribution in [0.2, 0.25) is 0 Å². The molecule has 0 aliphatic rings. The monoisotopic (exact) mass is 417 g/mol. The number of nitrogens with zero attached hydrogens (tertiary/aromatic N) is 4. The van der Waals surface area contributed by atoms with E-state index >= 15 is 0 Å². The molecule has 0 radical (unpaired) electrons. The molecule has 0 saturated carbocycles. The van der Waals surface area contributed by atoms with E-state index in [0.29, 0.717) is 29.4 Å². The van der Waals surface area contributed by atoms with Gasteiger partial charge in [0, 0.05) is 23.0 Å². The molecule has 0 atom stereocenters. The van der Waals surface area contributed by atoms with Gasteiger partial charge in [-0.15, -0.1) is 0 Å². The van der Waals surface area contributed by atoms with E-state index in [2.05, 4.69) is 15.1 Å². The molecule has 4 rings (SSSR count). The first-order valence-electron chi connectivity index (χ1n) is 10.0. The summed E-state index contributed by atoms with van der Waals surface area (Å²) in [6, 6.07) is 16.1. The predicted molar refractivity (Wildman–Crippen MR) is 118 cm³/mol. The molecule has 158 valence electrons. The van der Waals surface area contributed by atoms with E-state index in [4.69, 9.17) is 4.74 Å². The van der Waals surface area contributed by atoms with E-state index in [1.165, 1.54) is 10.6 Å². The van der Waals surface area contributed by atoms with Gasteiger partial charge in [-0.3, -0.25) is 14.7 Å². The Balaban J connectivity index is 1.72. The van der Waals surface area contributed by atoms with Gasteiger partial charge in [-0.25, -0.2) is 4.98 Å². The van der Waals surface area contributed by atoms with Crippen LogP contribution in [0.15, 0.2) is 59.4 Å². The van der Waals surface area contributed by atoms with Gasteiger partial charge in [0.15, 0.2) is 0 Å². The second-order valence-electron chi connectivity index (χ2n) is 7.23. The second kappa shape index (κ2) is 8.43. The average Bonchev–Trinajstić information content (AvgIpc) is 3.16. The van der Waals surface area contributed by atoms with Crippen LogP contribution in [0.25, 0.3) is 5.78 Å². The molecular formula is C23H23N5O3. The van der Waals surface area contributed by atoms with Crippen molar-refractivity contribution in [2.45, 2.75) is 27.3 Å². The SMILES string of the molecule is CCOc1ccc(N(Cc2nc3nc(C)cc(=O)n3[nH]2)C(=O)c2ccc(C)cc2)cc1. The molecule has 0 aliphatic heterocycles. The first kappa shape index (κ1) is 20.3. The van der Waals surface area contributed by atoms with E-state index in [0.717, 1.165) is 11.3 Å². The molecule has 2 aromatic heterocycles. The zero-order valence-corrected chi connectivity index (χ0v) is 17.6. The number of aromatic nitrogens is 4. The van der Waals surface area contributed by atoms with Gasteiger partial charge in [0.2, 0.25) is 0 Å². The largest absolute Gasteiger partial charge is 0.494 e. The predicted octanol–water partition coefficient (Wildman–Crippen LogP) is 3.28. The number of benzene rings is 2. The molecule has 31 heavy (non-hydrogen) atoms. The molecular weight excluding hydrogens is 394 g/mol. The summed E-state index contributed by atoms with van der Waals surface area (Å²) in [7, 11) is 0. The minimum atomic E-state index is -0.251. The number of carbonyl (C=O) groups is 1. The quantitative estimate of drug-likeness (QED) is 0.520. The first-order valence-corrected chi connectivity index (χ1v) is 10.0. The molecule has 2 heterocycles. The summed E-state index contributed by atoms with van der Waals surface area (Å²) >= 11 is 0. The summed E-state index contributed by atoms with van der Waals surface area (Å²) in [6.07, 6.45) is 0. The van der Waals surface area contributed by atoms with Crippen LogP contribution in [0.1, 0.15) is 34.4 Å². The summed E-state index contributed by atoms with van der Waals surface area (Å²) in [6.45, 7) is 6.33. The number of carbonyl (C=O) groups excluding carboxylic acids is 1. The fourth-order valence-corrected chi connectivity index (χ4v) is 3.28. The molecule has 0 spiro atoms. The minimum Gasteiger partial charge on any atom is -0.494 e.